The number of carbonyl (C=O) groups excluding carboxylic acids is 1. The summed E-state index contributed by atoms with van der Waals surface area (Å²) >= 11 is 1.65. The van der Waals surface area contributed by atoms with E-state index in [9.17, 15) is 13.2 Å². The van der Waals surface area contributed by atoms with Crippen molar-refractivity contribution in [3.63, 3.8) is 0 Å². The number of fused-ring (bicyclic) bond motifs is 1. The van der Waals surface area contributed by atoms with Gasteiger partial charge in [0.15, 0.2) is 9.84 Å². The minimum atomic E-state index is -3.22. The Hall–Kier alpha value is -1.66. The number of benzene rings is 1. The number of rotatable bonds is 3. The van der Waals surface area contributed by atoms with Crippen molar-refractivity contribution in [2.24, 2.45) is 0 Å². The van der Waals surface area contributed by atoms with Gasteiger partial charge in [-0.25, -0.2) is 8.42 Å². The molecule has 0 aliphatic carbocycles. The number of anilines is 1. The highest BCUT2D eigenvalue weighted by Crippen LogP contribution is 2.30. The first-order chi connectivity index (χ1) is 10.9. The molecule has 0 spiro atoms. The van der Waals surface area contributed by atoms with Crippen molar-refractivity contribution in [3.8, 4) is 0 Å². The SMILES string of the molecule is Cc1sccc1CC(=O)N1CCCc2cc(S(C)(=O)=O)ccc21. The minimum absolute atomic E-state index is 0.0690. The van der Waals surface area contributed by atoms with Gasteiger partial charge in [0.2, 0.25) is 5.91 Å². The summed E-state index contributed by atoms with van der Waals surface area (Å²) in [6.07, 6.45) is 3.26. The number of sulfone groups is 1. The van der Waals surface area contributed by atoms with Crippen LogP contribution in [0.15, 0.2) is 34.5 Å². The molecule has 0 fully saturated rings. The number of amides is 1. The Labute approximate surface area is 140 Å². The molecule has 0 unspecified atom stereocenters. The monoisotopic (exact) mass is 349 g/mol. The number of hydrogen-bond donors (Lipinski definition) is 0. The maximum atomic E-state index is 12.7. The molecule has 0 N–H and O–H groups in total. The van der Waals surface area contributed by atoms with E-state index in [1.807, 2.05) is 18.4 Å². The zero-order valence-corrected chi connectivity index (χ0v) is 14.8. The van der Waals surface area contributed by atoms with Crippen molar-refractivity contribution in [3.05, 3.63) is 45.6 Å². The minimum Gasteiger partial charge on any atom is -0.312 e. The van der Waals surface area contributed by atoms with Gasteiger partial charge in [0.05, 0.1) is 11.3 Å². The Bertz CT molecular complexity index is 852. The molecule has 0 atom stereocenters. The second kappa shape index (κ2) is 6.09. The van der Waals surface area contributed by atoms with Crippen LogP contribution in [0, 0.1) is 6.92 Å². The standard InChI is InChI=1S/C17H19NO3S2/c1-12-13(7-9-22-12)11-17(19)18-8-3-4-14-10-15(23(2,20)21)5-6-16(14)18/h5-7,9-10H,3-4,8,11H2,1-2H3. The van der Waals surface area contributed by atoms with Gasteiger partial charge in [0, 0.05) is 23.4 Å². The Kier molecular flexibility index (Phi) is 4.29. The van der Waals surface area contributed by atoms with E-state index in [0.717, 1.165) is 29.7 Å². The molecule has 1 aliphatic heterocycles. The second-order valence-electron chi connectivity index (χ2n) is 5.89. The van der Waals surface area contributed by atoms with Crippen LogP contribution in [0.4, 0.5) is 5.69 Å². The van der Waals surface area contributed by atoms with Gasteiger partial charge >= 0.3 is 0 Å². The molecule has 2 heterocycles. The lowest BCUT2D eigenvalue weighted by atomic mass is 10.0. The molecule has 0 saturated carbocycles. The van der Waals surface area contributed by atoms with Gasteiger partial charge in [-0.1, -0.05) is 0 Å². The molecular weight excluding hydrogens is 330 g/mol. The van der Waals surface area contributed by atoms with E-state index in [4.69, 9.17) is 0 Å². The number of nitrogens with zero attached hydrogens (tertiary/aromatic N) is 1. The van der Waals surface area contributed by atoms with Crippen molar-refractivity contribution >= 4 is 32.8 Å². The average molecular weight is 349 g/mol. The molecule has 23 heavy (non-hydrogen) atoms. The molecule has 4 nitrogen and oxygen atoms in total. The van der Waals surface area contributed by atoms with Crippen LogP contribution in [0.2, 0.25) is 0 Å². The molecule has 0 bridgehead atoms. The summed E-state index contributed by atoms with van der Waals surface area (Å²) in [6, 6.07) is 7.06. The predicted molar refractivity (Wildman–Crippen MR) is 93.0 cm³/mol. The van der Waals surface area contributed by atoms with Gasteiger partial charge in [0.25, 0.3) is 0 Å². The Balaban J connectivity index is 1.89. The summed E-state index contributed by atoms with van der Waals surface area (Å²) < 4.78 is 23.4. The molecule has 1 aromatic heterocycles. The number of carbonyl (C=O) groups is 1. The molecule has 2 aromatic rings. The van der Waals surface area contributed by atoms with Crippen molar-refractivity contribution in [2.75, 3.05) is 17.7 Å². The van der Waals surface area contributed by atoms with Crippen LogP contribution in [0.3, 0.4) is 0 Å². The van der Waals surface area contributed by atoms with Gasteiger partial charge in [-0.15, -0.1) is 11.3 Å². The average Bonchev–Trinajstić information content (AvgIpc) is 2.90. The van der Waals surface area contributed by atoms with E-state index < -0.39 is 9.84 Å². The highest BCUT2D eigenvalue weighted by atomic mass is 32.2. The molecule has 6 heteroatoms. The van der Waals surface area contributed by atoms with Crippen LogP contribution in [0.5, 0.6) is 0 Å². The Morgan fingerprint density at radius 1 is 1.30 bits per heavy atom. The maximum absolute atomic E-state index is 12.7. The summed E-state index contributed by atoms with van der Waals surface area (Å²) in [5.41, 5.74) is 2.86. The van der Waals surface area contributed by atoms with Crippen LogP contribution in [0.1, 0.15) is 22.4 Å². The molecule has 1 aliphatic rings. The van der Waals surface area contributed by atoms with E-state index in [1.165, 1.54) is 11.1 Å². The van der Waals surface area contributed by atoms with Gasteiger partial charge in [-0.05, 0) is 60.5 Å². The van der Waals surface area contributed by atoms with Crippen molar-refractivity contribution in [1.82, 2.24) is 0 Å². The third kappa shape index (κ3) is 3.33. The first-order valence-electron chi connectivity index (χ1n) is 7.52. The zero-order chi connectivity index (χ0) is 16.6. The quantitative estimate of drug-likeness (QED) is 0.856. The summed E-state index contributed by atoms with van der Waals surface area (Å²) in [4.78, 5) is 16.0. The first-order valence-corrected chi connectivity index (χ1v) is 10.3. The predicted octanol–water partition coefficient (Wildman–Crippen LogP) is 2.98. The third-order valence-electron chi connectivity index (χ3n) is 4.21. The van der Waals surface area contributed by atoms with Gasteiger partial charge < -0.3 is 4.90 Å². The first kappa shape index (κ1) is 16.2. The smallest absolute Gasteiger partial charge is 0.231 e. The van der Waals surface area contributed by atoms with Crippen LogP contribution in [0.25, 0.3) is 0 Å². The molecular formula is C17H19NO3S2. The molecule has 1 aromatic carbocycles. The lowest BCUT2D eigenvalue weighted by Gasteiger charge is -2.30. The maximum Gasteiger partial charge on any atom is 0.231 e. The van der Waals surface area contributed by atoms with Crippen molar-refractivity contribution in [1.29, 1.82) is 0 Å². The highest BCUT2D eigenvalue weighted by Gasteiger charge is 2.24. The van der Waals surface area contributed by atoms with Gasteiger partial charge in [-0.3, -0.25) is 4.79 Å². The van der Waals surface area contributed by atoms with Gasteiger partial charge in [-0.2, -0.15) is 0 Å². The van der Waals surface area contributed by atoms with E-state index in [-0.39, 0.29) is 5.91 Å². The summed E-state index contributed by atoms with van der Waals surface area (Å²) in [5, 5.41) is 2.00. The topological polar surface area (TPSA) is 54.5 Å². The van der Waals surface area contributed by atoms with Crippen molar-refractivity contribution in [2.45, 2.75) is 31.1 Å². The largest absolute Gasteiger partial charge is 0.312 e. The van der Waals surface area contributed by atoms with Crippen LogP contribution in [-0.2, 0) is 27.5 Å². The van der Waals surface area contributed by atoms with Crippen molar-refractivity contribution < 1.29 is 13.2 Å². The fourth-order valence-corrected chi connectivity index (χ4v) is 4.32. The van der Waals surface area contributed by atoms with E-state index in [0.29, 0.717) is 17.9 Å². The highest BCUT2D eigenvalue weighted by molar-refractivity contribution is 7.90. The van der Waals surface area contributed by atoms with Crippen LogP contribution < -0.4 is 4.90 Å². The normalized spacial score (nSPS) is 14.6. The summed E-state index contributed by atoms with van der Waals surface area (Å²) in [7, 11) is -3.22. The summed E-state index contributed by atoms with van der Waals surface area (Å²) in [6.45, 7) is 2.71. The molecule has 0 radical (unpaired) electrons. The van der Waals surface area contributed by atoms with Crippen LogP contribution in [-0.4, -0.2) is 27.1 Å². The number of aryl methyl sites for hydroxylation is 2. The molecule has 1 amide bonds. The number of thiophene rings is 1. The van der Waals surface area contributed by atoms with E-state index >= 15 is 0 Å². The molecule has 122 valence electrons. The lowest BCUT2D eigenvalue weighted by molar-refractivity contribution is -0.118. The number of hydrogen-bond acceptors (Lipinski definition) is 4. The Morgan fingerprint density at radius 2 is 2.09 bits per heavy atom. The lowest BCUT2D eigenvalue weighted by Crippen LogP contribution is -2.36. The molecule has 3 rings (SSSR count). The summed E-state index contributed by atoms with van der Waals surface area (Å²) in [5.74, 6) is 0.0690. The van der Waals surface area contributed by atoms with E-state index in [2.05, 4.69) is 0 Å². The second-order valence-corrected chi connectivity index (χ2v) is 9.03. The fraction of sp³-hybridized carbons (Fsp3) is 0.353. The zero-order valence-electron chi connectivity index (χ0n) is 13.2. The Morgan fingerprint density at radius 3 is 2.74 bits per heavy atom. The molecule has 0 saturated heterocycles. The van der Waals surface area contributed by atoms with Gasteiger partial charge in [0.1, 0.15) is 0 Å². The van der Waals surface area contributed by atoms with Crippen LogP contribution >= 0.6 is 11.3 Å². The van der Waals surface area contributed by atoms with E-state index in [1.54, 1.807) is 34.4 Å². The third-order valence-corrected chi connectivity index (χ3v) is 6.20. The fourth-order valence-electron chi connectivity index (χ4n) is 2.92.